The molecule has 0 bridgehead atoms. The van der Waals surface area contributed by atoms with Crippen molar-refractivity contribution in [3.63, 3.8) is 0 Å². The third kappa shape index (κ3) is 3.68. The predicted molar refractivity (Wildman–Crippen MR) is 107 cm³/mol. The molecule has 2 atom stereocenters. The summed E-state index contributed by atoms with van der Waals surface area (Å²) in [5.41, 5.74) is 7.89. The Kier molecular flexibility index (Phi) is 4.75. The van der Waals surface area contributed by atoms with Crippen LogP contribution in [0.25, 0.3) is 16.6 Å². The van der Waals surface area contributed by atoms with E-state index in [-0.39, 0.29) is 10.5 Å². The molecule has 1 aromatic carbocycles. The van der Waals surface area contributed by atoms with E-state index in [1.54, 1.807) is 24.4 Å². The van der Waals surface area contributed by atoms with Gasteiger partial charge in [-0.15, -0.1) is 0 Å². The first-order valence-electron chi connectivity index (χ1n) is 9.09. The van der Waals surface area contributed by atoms with E-state index in [0.717, 1.165) is 6.42 Å². The molecule has 1 fully saturated rings. The molecule has 152 valence electrons. The molecular weight excluding hydrogens is 397 g/mol. The highest BCUT2D eigenvalue weighted by Crippen LogP contribution is 2.32. The summed E-state index contributed by atoms with van der Waals surface area (Å²) in [7, 11) is -3.85. The van der Waals surface area contributed by atoms with E-state index >= 15 is 0 Å². The number of carbonyl (C=O) groups excluding carboxylic acids is 1. The molecule has 0 unspecified atom stereocenters. The Morgan fingerprint density at radius 3 is 2.69 bits per heavy atom. The number of sulfonamides is 1. The van der Waals surface area contributed by atoms with Crippen molar-refractivity contribution in [1.29, 1.82) is 0 Å². The Hall–Kier alpha value is -2.98. The van der Waals surface area contributed by atoms with E-state index in [4.69, 9.17) is 10.9 Å². The summed E-state index contributed by atoms with van der Waals surface area (Å²) in [4.78, 5) is 11.9. The van der Waals surface area contributed by atoms with Crippen LogP contribution in [0.15, 0.2) is 47.6 Å². The van der Waals surface area contributed by atoms with Crippen LogP contribution in [0.2, 0.25) is 0 Å². The zero-order valence-electron chi connectivity index (χ0n) is 15.4. The van der Waals surface area contributed by atoms with Crippen molar-refractivity contribution in [3.05, 3.63) is 48.3 Å². The quantitative estimate of drug-likeness (QED) is 0.584. The second-order valence-corrected chi connectivity index (χ2v) is 8.69. The van der Waals surface area contributed by atoms with Crippen molar-refractivity contribution >= 4 is 27.1 Å². The van der Waals surface area contributed by atoms with Gasteiger partial charge in [0.1, 0.15) is 6.17 Å². The first-order valence-corrected chi connectivity index (χ1v) is 10.6. The minimum Gasteiger partial charge on any atom is -0.377 e. The van der Waals surface area contributed by atoms with Gasteiger partial charge in [-0.1, -0.05) is 12.1 Å². The highest BCUT2D eigenvalue weighted by atomic mass is 32.2. The lowest BCUT2D eigenvalue weighted by Crippen LogP contribution is -2.27. The van der Waals surface area contributed by atoms with Crippen molar-refractivity contribution in [1.82, 2.24) is 9.61 Å². The van der Waals surface area contributed by atoms with E-state index in [2.05, 4.69) is 10.4 Å². The first kappa shape index (κ1) is 19.3. The molecular formula is C19H20FN5O3S. The molecule has 10 heteroatoms. The number of carbonyl (C=O) groups is 1. The minimum absolute atomic E-state index is 0.0133. The molecule has 1 saturated carbocycles. The van der Waals surface area contributed by atoms with Crippen molar-refractivity contribution in [2.24, 2.45) is 10.9 Å². The minimum atomic E-state index is -3.85. The van der Waals surface area contributed by atoms with Gasteiger partial charge in [0.25, 0.3) is 5.91 Å². The standard InChI is InChI=1S/C19H20FN5O3S/c20-15-5-2-6-16(15)24-18-14(19(21)26)9-23-25-10-12(8-17(18)25)11-3-1-4-13(7-11)29(22,27)28/h1,3-4,7-10,15-16,24H,2,5-6H2,(H2,21,26)(H2,22,27,28)/t15-,16+/m0/s1. The van der Waals surface area contributed by atoms with Crippen LogP contribution < -0.4 is 16.2 Å². The first-order chi connectivity index (χ1) is 13.7. The van der Waals surface area contributed by atoms with Crippen LogP contribution >= 0.6 is 0 Å². The number of primary sulfonamides is 1. The number of anilines is 1. The maximum Gasteiger partial charge on any atom is 0.252 e. The summed E-state index contributed by atoms with van der Waals surface area (Å²) >= 11 is 0. The molecule has 0 spiro atoms. The number of benzene rings is 1. The number of fused-ring (bicyclic) bond motifs is 1. The summed E-state index contributed by atoms with van der Waals surface area (Å²) in [5, 5.41) is 12.6. The Morgan fingerprint density at radius 2 is 2.03 bits per heavy atom. The number of aromatic nitrogens is 2. The number of rotatable bonds is 5. The number of nitrogens with two attached hydrogens (primary N) is 2. The fraction of sp³-hybridized carbons (Fsp3) is 0.263. The van der Waals surface area contributed by atoms with E-state index in [1.807, 2.05) is 0 Å². The number of primary amides is 1. The topological polar surface area (TPSA) is 133 Å². The van der Waals surface area contributed by atoms with E-state index in [0.29, 0.717) is 35.2 Å². The molecule has 0 radical (unpaired) electrons. The number of hydrogen-bond acceptors (Lipinski definition) is 5. The normalized spacial score (nSPS) is 19.5. The molecule has 1 aliphatic carbocycles. The van der Waals surface area contributed by atoms with Gasteiger partial charge in [-0.25, -0.2) is 22.5 Å². The van der Waals surface area contributed by atoms with E-state index in [9.17, 15) is 17.6 Å². The third-order valence-electron chi connectivity index (χ3n) is 5.16. The van der Waals surface area contributed by atoms with Crippen LogP contribution in [-0.2, 0) is 10.0 Å². The molecule has 8 nitrogen and oxygen atoms in total. The Labute approximate surface area is 166 Å². The highest BCUT2D eigenvalue weighted by molar-refractivity contribution is 7.89. The van der Waals surface area contributed by atoms with Crippen molar-refractivity contribution < 1.29 is 17.6 Å². The second kappa shape index (κ2) is 7.12. The maximum atomic E-state index is 14.2. The van der Waals surface area contributed by atoms with Gasteiger partial charge < -0.3 is 11.1 Å². The number of hydrogen-bond donors (Lipinski definition) is 3. The predicted octanol–water partition coefficient (Wildman–Crippen LogP) is 2.05. The largest absolute Gasteiger partial charge is 0.377 e. The monoisotopic (exact) mass is 417 g/mol. The van der Waals surface area contributed by atoms with Crippen LogP contribution in [0.4, 0.5) is 10.1 Å². The Morgan fingerprint density at radius 1 is 1.24 bits per heavy atom. The molecule has 0 aliphatic heterocycles. The van der Waals surface area contributed by atoms with Crippen LogP contribution in [0.1, 0.15) is 29.6 Å². The zero-order valence-corrected chi connectivity index (χ0v) is 16.2. The van der Waals surface area contributed by atoms with Gasteiger partial charge in [-0.05, 0) is 43.0 Å². The zero-order chi connectivity index (χ0) is 20.8. The lowest BCUT2D eigenvalue weighted by Gasteiger charge is -2.19. The Bertz CT molecular complexity index is 1210. The van der Waals surface area contributed by atoms with Gasteiger partial charge in [-0.3, -0.25) is 4.79 Å². The second-order valence-electron chi connectivity index (χ2n) is 7.13. The number of halogens is 1. The molecule has 2 heterocycles. The molecule has 29 heavy (non-hydrogen) atoms. The summed E-state index contributed by atoms with van der Waals surface area (Å²) in [6, 6.07) is 7.52. The molecule has 5 N–H and O–H groups in total. The fourth-order valence-electron chi connectivity index (χ4n) is 3.67. The lowest BCUT2D eigenvalue weighted by atomic mass is 10.1. The summed E-state index contributed by atoms with van der Waals surface area (Å²) in [5.74, 6) is -0.671. The molecule has 2 aromatic heterocycles. The Balaban J connectivity index is 1.83. The van der Waals surface area contributed by atoms with Crippen LogP contribution in [-0.4, -0.2) is 36.2 Å². The van der Waals surface area contributed by atoms with E-state index < -0.39 is 28.1 Å². The maximum absolute atomic E-state index is 14.2. The summed E-state index contributed by atoms with van der Waals surface area (Å²) in [6.45, 7) is 0. The van der Waals surface area contributed by atoms with Gasteiger partial charge in [-0.2, -0.15) is 5.10 Å². The number of alkyl halides is 1. The highest BCUT2D eigenvalue weighted by Gasteiger charge is 2.29. The van der Waals surface area contributed by atoms with Crippen LogP contribution in [0, 0.1) is 0 Å². The molecule has 0 saturated heterocycles. The number of nitrogens with one attached hydrogen (secondary N) is 1. The molecule has 1 aliphatic rings. The van der Waals surface area contributed by atoms with E-state index in [1.165, 1.54) is 22.8 Å². The van der Waals surface area contributed by atoms with Crippen molar-refractivity contribution in [2.75, 3.05) is 5.32 Å². The van der Waals surface area contributed by atoms with Crippen molar-refractivity contribution in [2.45, 2.75) is 36.4 Å². The van der Waals surface area contributed by atoms with Gasteiger partial charge in [0.05, 0.1) is 33.9 Å². The third-order valence-corrected chi connectivity index (χ3v) is 6.07. The van der Waals surface area contributed by atoms with Crippen molar-refractivity contribution in [3.8, 4) is 11.1 Å². The van der Waals surface area contributed by atoms with Gasteiger partial charge >= 0.3 is 0 Å². The SMILES string of the molecule is NC(=O)c1cnn2cc(-c3cccc(S(N)(=O)=O)c3)cc2c1N[C@@H]1CCC[C@@H]1F. The summed E-state index contributed by atoms with van der Waals surface area (Å²) < 4.78 is 39.0. The molecule has 3 aromatic rings. The van der Waals surface area contributed by atoms with Gasteiger partial charge in [0.15, 0.2) is 0 Å². The van der Waals surface area contributed by atoms with Crippen LogP contribution in [0.5, 0.6) is 0 Å². The fourth-order valence-corrected chi connectivity index (χ4v) is 4.23. The number of amides is 1. The van der Waals surface area contributed by atoms with Gasteiger partial charge in [0, 0.05) is 11.8 Å². The average molecular weight is 417 g/mol. The smallest absolute Gasteiger partial charge is 0.252 e. The summed E-state index contributed by atoms with van der Waals surface area (Å²) in [6.07, 6.45) is 3.90. The van der Waals surface area contributed by atoms with Crippen LogP contribution in [0.3, 0.4) is 0 Å². The number of nitrogens with zero attached hydrogens (tertiary/aromatic N) is 2. The average Bonchev–Trinajstić information content (AvgIpc) is 3.28. The molecule has 1 amide bonds. The lowest BCUT2D eigenvalue weighted by molar-refractivity contribution is 0.100. The van der Waals surface area contributed by atoms with Gasteiger partial charge in [0.2, 0.25) is 10.0 Å². The molecule has 4 rings (SSSR count).